The average molecular weight is 294 g/mol. The number of pyridine rings is 1. The number of rotatable bonds is 6. The van der Waals surface area contributed by atoms with Crippen molar-refractivity contribution in [3.63, 3.8) is 0 Å². The van der Waals surface area contributed by atoms with E-state index in [-0.39, 0.29) is 17.8 Å². The normalized spacial score (nSPS) is 16.3. The van der Waals surface area contributed by atoms with Crippen LogP contribution in [0.2, 0.25) is 0 Å². The highest BCUT2D eigenvalue weighted by Crippen LogP contribution is 2.20. The molecular formula is C16H26N2O3. The Hall–Kier alpha value is -1.33. The molecule has 0 aromatic carbocycles. The molecule has 0 saturated carbocycles. The van der Waals surface area contributed by atoms with E-state index in [4.69, 9.17) is 0 Å². The SMILES string of the molecule is CCCCn1c(CO)cc(=O)c(O)c1CN1CCCCC1. The van der Waals surface area contributed by atoms with E-state index >= 15 is 0 Å². The smallest absolute Gasteiger partial charge is 0.223 e. The molecule has 0 atom stereocenters. The molecule has 1 aromatic heterocycles. The minimum Gasteiger partial charge on any atom is -0.503 e. The van der Waals surface area contributed by atoms with Gasteiger partial charge in [0.25, 0.3) is 0 Å². The number of hydrogen-bond acceptors (Lipinski definition) is 4. The number of aromatic hydroxyl groups is 1. The van der Waals surface area contributed by atoms with Gasteiger partial charge in [-0.2, -0.15) is 0 Å². The number of aliphatic hydroxyl groups is 1. The minimum atomic E-state index is -0.390. The third-order valence-corrected chi connectivity index (χ3v) is 4.20. The average Bonchev–Trinajstić information content (AvgIpc) is 2.51. The van der Waals surface area contributed by atoms with Crippen molar-refractivity contribution in [3.8, 4) is 5.75 Å². The standard InChI is InChI=1S/C16H26N2O3/c1-2-3-9-18-13(12-19)10-15(20)16(21)14(18)11-17-7-5-4-6-8-17/h10,19,21H,2-9,11-12H2,1H3. The van der Waals surface area contributed by atoms with E-state index in [1.165, 1.54) is 25.3 Å². The van der Waals surface area contributed by atoms with Gasteiger partial charge in [-0.25, -0.2) is 0 Å². The van der Waals surface area contributed by atoms with Crippen molar-refractivity contribution in [2.24, 2.45) is 0 Å². The van der Waals surface area contributed by atoms with Crippen LogP contribution in [0.1, 0.15) is 50.4 Å². The molecule has 2 heterocycles. The van der Waals surface area contributed by atoms with Crippen molar-refractivity contribution in [3.05, 3.63) is 27.7 Å². The van der Waals surface area contributed by atoms with Crippen LogP contribution in [0.25, 0.3) is 0 Å². The van der Waals surface area contributed by atoms with Crippen LogP contribution in [0, 0.1) is 0 Å². The molecule has 0 unspecified atom stereocenters. The topological polar surface area (TPSA) is 65.7 Å². The van der Waals surface area contributed by atoms with Gasteiger partial charge in [0, 0.05) is 24.8 Å². The van der Waals surface area contributed by atoms with Gasteiger partial charge in [-0.15, -0.1) is 0 Å². The van der Waals surface area contributed by atoms with Gasteiger partial charge in [0.15, 0.2) is 5.75 Å². The van der Waals surface area contributed by atoms with Gasteiger partial charge in [0.1, 0.15) is 0 Å². The molecule has 1 aliphatic heterocycles. The predicted molar refractivity (Wildman–Crippen MR) is 82.3 cm³/mol. The second-order valence-corrected chi connectivity index (χ2v) is 5.80. The Morgan fingerprint density at radius 3 is 2.57 bits per heavy atom. The van der Waals surface area contributed by atoms with Crippen LogP contribution >= 0.6 is 0 Å². The zero-order valence-corrected chi connectivity index (χ0v) is 12.8. The molecule has 0 spiro atoms. The van der Waals surface area contributed by atoms with Gasteiger partial charge in [-0.1, -0.05) is 19.8 Å². The molecule has 2 rings (SSSR count). The summed E-state index contributed by atoms with van der Waals surface area (Å²) in [6.45, 7) is 5.25. The lowest BCUT2D eigenvalue weighted by atomic mass is 10.1. The van der Waals surface area contributed by atoms with E-state index in [0.717, 1.165) is 32.5 Å². The summed E-state index contributed by atoms with van der Waals surface area (Å²) in [5.74, 6) is -0.158. The Labute approximate surface area is 125 Å². The number of unbranched alkanes of at least 4 members (excludes halogenated alkanes) is 1. The van der Waals surface area contributed by atoms with Crippen LogP contribution in [0.4, 0.5) is 0 Å². The molecule has 21 heavy (non-hydrogen) atoms. The maximum absolute atomic E-state index is 11.9. The number of hydrogen-bond donors (Lipinski definition) is 2. The lowest BCUT2D eigenvalue weighted by Gasteiger charge is -2.28. The van der Waals surface area contributed by atoms with Crippen molar-refractivity contribution < 1.29 is 10.2 Å². The van der Waals surface area contributed by atoms with E-state index in [0.29, 0.717) is 17.9 Å². The fourth-order valence-corrected chi connectivity index (χ4v) is 2.96. The van der Waals surface area contributed by atoms with Crippen molar-refractivity contribution >= 4 is 0 Å². The van der Waals surface area contributed by atoms with Gasteiger partial charge in [0.2, 0.25) is 5.43 Å². The summed E-state index contributed by atoms with van der Waals surface area (Å²) in [5.41, 5.74) is 0.860. The molecule has 0 aliphatic carbocycles. The maximum atomic E-state index is 11.9. The molecular weight excluding hydrogens is 268 g/mol. The Kier molecular flexibility index (Phi) is 5.82. The van der Waals surface area contributed by atoms with Crippen molar-refractivity contribution in [1.29, 1.82) is 0 Å². The van der Waals surface area contributed by atoms with Crippen molar-refractivity contribution in [2.75, 3.05) is 13.1 Å². The summed E-state index contributed by atoms with van der Waals surface area (Å²) in [4.78, 5) is 14.2. The van der Waals surface area contributed by atoms with Crippen molar-refractivity contribution in [2.45, 2.75) is 58.7 Å². The Bertz CT molecular complexity index is 519. The van der Waals surface area contributed by atoms with Crippen LogP contribution in [-0.2, 0) is 19.7 Å². The molecule has 1 aromatic rings. The van der Waals surface area contributed by atoms with E-state index < -0.39 is 0 Å². The Morgan fingerprint density at radius 2 is 1.95 bits per heavy atom. The van der Waals surface area contributed by atoms with E-state index in [2.05, 4.69) is 11.8 Å². The Balaban J connectivity index is 2.34. The molecule has 5 nitrogen and oxygen atoms in total. The quantitative estimate of drug-likeness (QED) is 0.840. The van der Waals surface area contributed by atoms with Crippen LogP contribution in [0.3, 0.4) is 0 Å². The van der Waals surface area contributed by atoms with Crippen molar-refractivity contribution in [1.82, 2.24) is 9.47 Å². The highest BCUT2D eigenvalue weighted by molar-refractivity contribution is 5.30. The predicted octanol–water partition coefficient (Wildman–Crippen LogP) is 1.83. The monoisotopic (exact) mass is 294 g/mol. The van der Waals surface area contributed by atoms with Gasteiger partial charge >= 0.3 is 0 Å². The van der Waals surface area contributed by atoms with Gasteiger partial charge in [0.05, 0.1) is 12.3 Å². The molecule has 0 radical (unpaired) electrons. The first-order valence-electron chi connectivity index (χ1n) is 7.95. The Morgan fingerprint density at radius 1 is 1.24 bits per heavy atom. The summed E-state index contributed by atoms with van der Waals surface area (Å²) < 4.78 is 1.93. The molecule has 0 bridgehead atoms. The number of aliphatic hydroxyl groups excluding tert-OH is 1. The molecule has 118 valence electrons. The highest BCUT2D eigenvalue weighted by Gasteiger charge is 2.18. The fraction of sp³-hybridized carbons (Fsp3) is 0.688. The first-order chi connectivity index (χ1) is 10.2. The second-order valence-electron chi connectivity index (χ2n) is 5.80. The van der Waals surface area contributed by atoms with Crippen LogP contribution in [0.15, 0.2) is 10.9 Å². The van der Waals surface area contributed by atoms with Gasteiger partial charge in [-0.3, -0.25) is 9.69 Å². The molecule has 1 fully saturated rings. The van der Waals surface area contributed by atoms with E-state index in [1.54, 1.807) is 0 Å². The number of aromatic nitrogens is 1. The molecule has 1 aliphatic rings. The number of piperidine rings is 1. The number of likely N-dealkylation sites (tertiary alicyclic amines) is 1. The van der Waals surface area contributed by atoms with E-state index in [9.17, 15) is 15.0 Å². The molecule has 1 saturated heterocycles. The summed E-state index contributed by atoms with van der Waals surface area (Å²) in [5, 5.41) is 19.7. The van der Waals surface area contributed by atoms with E-state index in [1.807, 2.05) is 4.57 Å². The third kappa shape index (κ3) is 3.86. The molecule has 2 N–H and O–H groups in total. The second kappa shape index (κ2) is 7.61. The third-order valence-electron chi connectivity index (χ3n) is 4.20. The summed E-state index contributed by atoms with van der Waals surface area (Å²) >= 11 is 0. The van der Waals surface area contributed by atoms with Gasteiger partial charge in [-0.05, 0) is 32.4 Å². The zero-order chi connectivity index (χ0) is 15.2. The number of nitrogens with zero attached hydrogens (tertiary/aromatic N) is 2. The van der Waals surface area contributed by atoms with Crippen LogP contribution in [0.5, 0.6) is 5.75 Å². The van der Waals surface area contributed by atoms with Crippen LogP contribution in [-0.4, -0.2) is 32.8 Å². The first-order valence-corrected chi connectivity index (χ1v) is 7.95. The lowest BCUT2D eigenvalue weighted by Crippen LogP contribution is -2.32. The fourth-order valence-electron chi connectivity index (χ4n) is 2.96. The highest BCUT2D eigenvalue weighted by atomic mass is 16.3. The zero-order valence-electron chi connectivity index (χ0n) is 12.8. The summed E-state index contributed by atoms with van der Waals surface area (Å²) in [6.07, 6.45) is 5.57. The summed E-state index contributed by atoms with van der Waals surface area (Å²) in [6, 6.07) is 1.35. The molecule has 5 heteroatoms. The largest absolute Gasteiger partial charge is 0.503 e. The first kappa shape index (κ1) is 16.0. The van der Waals surface area contributed by atoms with Gasteiger partial charge < -0.3 is 14.8 Å². The van der Waals surface area contributed by atoms with Crippen LogP contribution < -0.4 is 5.43 Å². The molecule has 0 amide bonds. The maximum Gasteiger partial charge on any atom is 0.223 e. The lowest BCUT2D eigenvalue weighted by molar-refractivity contribution is 0.208. The minimum absolute atomic E-state index is 0.158. The summed E-state index contributed by atoms with van der Waals surface area (Å²) in [7, 11) is 0.